The molecule has 1 aliphatic carbocycles. The molecule has 3 aromatic heterocycles. The van der Waals surface area contributed by atoms with Gasteiger partial charge in [-0.2, -0.15) is 0 Å². The average molecular weight is 512 g/mol. The van der Waals surface area contributed by atoms with Gasteiger partial charge in [-0.1, -0.05) is 41.0 Å². The predicted octanol–water partition coefficient (Wildman–Crippen LogP) is 5.81. The van der Waals surface area contributed by atoms with Crippen LogP contribution in [-0.2, 0) is 6.61 Å². The first-order chi connectivity index (χ1) is 18.0. The van der Waals surface area contributed by atoms with Crippen molar-refractivity contribution in [2.75, 3.05) is 0 Å². The van der Waals surface area contributed by atoms with Crippen molar-refractivity contribution in [3.63, 3.8) is 0 Å². The summed E-state index contributed by atoms with van der Waals surface area (Å²) in [5.41, 5.74) is 6.96. The van der Waals surface area contributed by atoms with Crippen LogP contribution in [0.1, 0.15) is 59.7 Å². The zero-order chi connectivity index (χ0) is 25.3. The van der Waals surface area contributed by atoms with Crippen molar-refractivity contribution in [3.8, 4) is 11.6 Å². The van der Waals surface area contributed by atoms with Crippen LogP contribution in [0.25, 0.3) is 28.0 Å². The molecule has 2 aliphatic rings. The molecule has 1 fully saturated rings. The van der Waals surface area contributed by atoms with Crippen LogP contribution < -0.4 is 10.5 Å². The zero-order valence-electron chi connectivity index (χ0n) is 20.2. The third-order valence-electron chi connectivity index (χ3n) is 7.04. The number of para-hydroxylation sites is 2. The fourth-order valence-corrected chi connectivity index (χ4v) is 5.33. The first-order valence-corrected chi connectivity index (χ1v) is 12.5. The van der Waals surface area contributed by atoms with E-state index in [9.17, 15) is 4.79 Å². The second-order valence-corrected chi connectivity index (χ2v) is 9.95. The van der Waals surface area contributed by atoms with Gasteiger partial charge in [0.05, 0.1) is 16.2 Å². The number of aromatic amines is 1. The van der Waals surface area contributed by atoms with Gasteiger partial charge in [0.2, 0.25) is 0 Å². The molecule has 1 aliphatic heterocycles. The topological polar surface area (TPSA) is 98.8 Å². The fraction of sp³-hybridized carbons (Fsp3) is 0.214. The van der Waals surface area contributed by atoms with Crippen LogP contribution in [0.4, 0.5) is 0 Å². The maximum atomic E-state index is 11.7. The molecule has 1 N–H and O–H groups in total. The van der Waals surface area contributed by atoms with Crippen LogP contribution in [0, 0.1) is 6.92 Å². The highest BCUT2D eigenvalue weighted by atomic mass is 35.5. The summed E-state index contributed by atoms with van der Waals surface area (Å²) >= 11 is 6.54. The molecule has 0 bridgehead atoms. The van der Waals surface area contributed by atoms with E-state index in [2.05, 4.69) is 27.7 Å². The predicted molar refractivity (Wildman–Crippen MR) is 140 cm³/mol. The van der Waals surface area contributed by atoms with E-state index < -0.39 is 5.76 Å². The summed E-state index contributed by atoms with van der Waals surface area (Å²) in [6.45, 7) is 4.25. The minimum atomic E-state index is -0.601. The molecule has 184 valence electrons. The molecule has 0 saturated heterocycles. The van der Waals surface area contributed by atoms with Gasteiger partial charge >= 0.3 is 5.76 Å². The van der Waals surface area contributed by atoms with Gasteiger partial charge in [-0.25, -0.2) is 14.8 Å². The molecule has 5 aromatic rings. The van der Waals surface area contributed by atoms with Gasteiger partial charge in [-0.15, -0.1) is 0 Å². The molecular formula is C28H22ClN5O3. The zero-order valence-corrected chi connectivity index (χ0v) is 21.0. The highest BCUT2D eigenvalue weighted by molar-refractivity contribution is 6.35. The number of imidazole rings is 1. The number of nitrogens with zero attached hydrogens (tertiary/aromatic N) is 4. The number of fused-ring (bicyclic) bond motifs is 3. The molecule has 9 heteroatoms. The third-order valence-corrected chi connectivity index (χ3v) is 7.35. The van der Waals surface area contributed by atoms with Gasteiger partial charge < -0.3 is 4.74 Å². The molecule has 2 aromatic carbocycles. The maximum absolute atomic E-state index is 11.7. The number of halogens is 1. The molecule has 8 nitrogen and oxygen atoms in total. The monoisotopic (exact) mass is 511 g/mol. The highest BCUT2D eigenvalue weighted by Crippen LogP contribution is 2.44. The number of allylic oxidation sites excluding steroid dienone is 1. The summed E-state index contributed by atoms with van der Waals surface area (Å²) in [4.78, 5) is 24.5. The Morgan fingerprint density at radius 1 is 1.11 bits per heavy atom. The molecule has 4 heterocycles. The van der Waals surface area contributed by atoms with Gasteiger partial charge in [0.25, 0.3) is 0 Å². The molecule has 7 rings (SSSR count). The number of rotatable bonds is 3. The molecule has 37 heavy (non-hydrogen) atoms. The summed E-state index contributed by atoms with van der Waals surface area (Å²) in [5, 5.41) is 4.57. The Morgan fingerprint density at radius 2 is 1.95 bits per heavy atom. The number of pyridine rings is 1. The number of ether oxygens (including phenoxy) is 1. The molecule has 0 unspecified atom stereocenters. The van der Waals surface area contributed by atoms with Crippen molar-refractivity contribution in [2.45, 2.75) is 39.2 Å². The van der Waals surface area contributed by atoms with Gasteiger partial charge in [0, 0.05) is 28.2 Å². The Morgan fingerprint density at radius 3 is 2.73 bits per heavy atom. The van der Waals surface area contributed by atoms with Crippen molar-refractivity contribution in [1.29, 1.82) is 0 Å². The lowest BCUT2D eigenvalue weighted by molar-refractivity contribution is 0.302. The number of nitrogens with one attached hydrogen (secondary N) is 1. The van der Waals surface area contributed by atoms with Crippen molar-refractivity contribution >= 4 is 33.8 Å². The lowest BCUT2D eigenvalue weighted by Gasteiger charge is -2.17. The summed E-state index contributed by atoms with van der Waals surface area (Å²) in [6, 6.07) is 15.8. The molecule has 0 atom stereocenters. The first-order valence-electron chi connectivity index (χ1n) is 12.2. The van der Waals surface area contributed by atoms with Gasteiger partial charge in [-0.3, -0.25) is 14.1 Å². The molecular weight excluding hydrogens is 490 g/mol. The number of aromatic nitrogens is 5. The van der Waals surface area contributed by atoms with Crippen LogP contribution in [0.15, 0.2) is 57.8 Å². The van der Waals surface area contributed by atoms with Crippen molar-refractivity contribution in [2.24, 2.45) is 0 Å². The average Bonchev–Trinajstić information content (AvgIpc) is 3.57. The third kappa shape index (κ3) is 3.51. The van der Waals surface area contributed by atoms with Crippen LogP contribution >= 0.6 is 11.6 Å². The fourth-order valence-electron chi connectivity index (χ4n) is 5.12. The summed E-state index contributed by atoms with van der Waals surface area (Å²) in [6.07, 6.45) is 2.21. The number of hydrogen-bond acceptors (Lipinski definition) is 6. The van der Waals surface area contributed by atoms with Crippen molar-refractivity contribution in [3.05, 3.63) is 98.1 Å². The number of benzene rings is 2. The van der Waals surface area contributed by atoms with E-state index in [0.29, 0.717) is 16.8 Å². The Balaban J connectivity index is 1.50. The second-order valence-electron chi connectivity index (χ2n) is 9.54. The SMILES string of the molecule is C/C(=C1\c2ccccc2OCc2nc(-n3c(C4CC4)nc4c(Cl)cccc43)c(C)cc21)c1noc(=O)[nH]1. The highest BCUT2D eigenvalue weighted by Gasteiger charge is 2.32. The Labute approximate surface area is 216 Å². The summed E-state index contributed by atoms with van der Waals surface area (Å²) in [7, 11) is 0. The van der Waals surface area contributed by atoms with Crippen LogP contribution in [0.2, 0.25) is 5.02 Å². The summed E-state index contributed by atoms with van der Waals surface area (Å²) in [5.74, 6) is 2.70. The number of H-pyrrole nitrogens is 1. The van der Waals surface area contributed by atoms with E-state index in [4.69, 9.17) is 30.8 Å². The molecule has 0 spiro atoms. The van der Waals surface area contributed by atoms with Gasteiger partial charge in [0.15, 0.2) is 5.82 Å². The van der Waals surface area contributed by atoms with E-state index in [-0.39, 0.29) is 6.61 Å². The van der Waals surface area contributed by atoms with Crippen LogP contribution in [0.3, 0.4) is 0 Å². The van der Waals surface area contributed by atoms with Gasteiger partial charge in [-0.05, 0) is 56.5 Å². The smallest absolute Gasteiger partial charge is 0.439 e. The maximum Gasteiger partial charge on any atom is 0.439 e. The van der Waals surface area contributed by atoms with Crippen molar-refractivity contribution < 1.29 is 9.26 Å². The standard InChI is InChI=1S/C28H22ClN5O3/c1-14-12-18-20(30-26(14)34-21-8-5-7-19(29)24(21)31-27(34)16-10-11-16)13-36-22-9-4-3-6-17(22)23(18)15(2)25-32-28(35)37-33-25/h3-9,12,16H,10-11,13H2,1-2H3,(H,32,33,35)/b23-15-. The normalized spacial score (nSPS) is 16.2. The minimum Gasteiger partial charge on any atom is -0.487 e. The van der Waals surface area contributed by atoms with Crippen molar-refractivity contribution in [1.82, 2.24) is 24.7 Å². The Hall–Kier alpha value is -4.17. The van der Waals surface area contributed by atoms with Crippen LogP contribution in [-0.4, -0.2) is 24.7 Å². The Bertz CT molecular complexity index is 1810. The quantitative estimate of drug-likeness (QED) is 0.328. The van der Waals surface area contributed by atoms with E-state index in [0.717, 1.165) is 74.8 Å². The number of hydrogen-bond donors (Lipinski definition) is 1. The molecule has 1 saturated carbocycles. The lowest BCUT2D eigenvalue weighted by atomic mass is 9.91. The summed E-state index contributed by atoms with van der Waals surface area (Å²) < 4.78 is 13.2. The molecule has 0 radical (unpaired) electrons. The molecule has 0 amide bonds. The van der Waals surface area contributed by atoms with E-state index >= 15 is 0 Å². The van der Waals surface area contributed by atoms with Crippen LogP contribution in [0.5, 0.6) is 5.75 Å². The second kappa shape index (κ2) is 8.18. The minimum absolute atomic E-state index is 0.290. The van der Waals surface area contributed by atoms with Gasteiger partial charge in [0.1, 0.15) is 29.5 Å². The Kier molecular flexibility index (Phi) is 4.87. The van der Waals surface area contributed by atoms with E-state index in [1.54, 1.807) is 0 Å². The first kappa shape index (κ1) is 22.1. The largest absolute Gasteiger partial charge is 0.487 e. The van der Waals surface area contributed by atoms with E-state index in [1.807, 2.05) is 49.4 Å². The number of aryl methyl sites for hydroxylation is 1. The van der Waals surface area contributed by atoms with E-state index in [1.165, 1.54) is 0 Å². The lowest BCUT2D eigenvalue weighted by Crippen LogP contribution is -2.10.